The van der Waals surface area contributed by atoms with Gasteiger partial charge in [0.15, 0.2) is 0 Å². The third-order valence-corrected chi connectivity index (χ3v) is 8.89. The molecule has 3 aliphatic carbocycles. The van der Waals surface area contributed by atoms with Crippen LogP contribution in [0.3, 0.4) is 0 Å². The minimum atomic E-state index is -1.09. The van der Waals surface area contributed by atoms with E-state index in [2.05, 4.69) is 26.1 Å². The molecular weight excluding hydrogens is 473 g/mol. The monoisotopic (exact) mass is 507 g/mol. The van der Waals surface area contributed by atoms with Gasteiger partial charge in [-0.15, -0.1) is 0 Å². The maximum Gasteiger partial charge on any atom is 0.482 e. The SMILES string of the molecule is COc1c(CC(NC(=O)Cc2cccc(O)c2)B2OC3CC4CC(C4(C)C)C3(C)O2)cccc1C(=O)O. The molecule has 2 bridgehead atoms. The molecule has 6 rings (SSSR count). The summed E-state index contributed by atoms with van der Waals surface area (Å²) in [6, 6.07) is 11.5. The minimum absolute atomic E-state index is 0.0568. The van der Waals surface area contributed by atoms with E-state index in [0.29, 0.717) is 23.0 Å². The van der Waals surface area contributed by atoms with Crippen LogP contribution < -0.4 is 10.1 Å². The van der Waals surface area contributed by atoms with Crippen molar-refractivity contribution in [3.8, 4) is 11.5 Å². The molecule has 8 nitrogen and oxygen atoms in total. The Bertz CT molecular complexity index is 1220. The van der Waals surface area contributed by atoms with Crippen LogP contribution in [0.2, 0.25) is 0 Å². The molecule has 5 unspecified atom stereocenters. The van der Waals surface area contributed by atoms with Gasteiger partial charge in [-0.25, -0.2) is 4.79 Å². The van der Waals surface area contributed by atoms with Crippen LogP contribution in [0.15, 0.2) is 42.5 Å². The van der Waals surface area contributed by atoms with Crippen molar-refractivity contribution >= 4 is 19.0 Å². The molecule has 0 spiro atoms. The Hall–Kier alpha value is -3.04. The molecule has 3 N–H and O–H groups in total. The zero-order valence-corrected chi connectivity index (χ0v) is 21.7. The molecule has 9 heteroatoms. The Morgan fingerprint density at radius 1 is 1.19 bits per heavy atom. The van der Waals surface area contributed by atoms with Crippen LogP contribution >= 0.6 is 0 Å². The Morgan fingerprint density at radius 2 is 1.95 bits per heavy atom. The van der Waals surface area contributed by atoms with Gasteiger partial charge < -0.3 is 29.6 Å². The fourth-order valence-electron chi connectivity index (χ4n) is 6.79. The second kappa shape index (κ2) is 9.37. The summed E-state index contributed by atoms with van der Waals surface area (Å²) in [5, 5.41) is 22.5. The average Bonchev–Trinajstić information content (AvgIpc) is 3.20. The number of amides is 1. The van der Waals surface area contributed by atoms with E-state index < -0.39 is 24.6 Å². The van der Waals surface area contributed by atoms with Crippen LogP contribution in [0.4, 0.5) is 0 Å². The Balaban J connectivity index is 1.42. The lowest BCUT2D eigenvalue weighted by Gasteiger charge is -2.64. The summed E-state index contributed by atoms with van der Waals surface area (Å²) in [5.41, 5.74) is 1.10. The second-order valence-corrected chi connectivity index (χ2v) is 11.4. The van der Waals surface area contributed by atoms with E-state index in [9.17, 15) is 19.8 Å². The number of carboxylic acid groups (broad SMARTS) is 1. The van der Waals surface area contributed by atoms with Gasteiger partial charge in [-0.05, 0) is 72.8 Å². The van der Waals surface area contributed by atoms with E-state index in [4.69, 9.17) is 14.0 Å². The summed E-state index contributed by atoms with van der Waals surface area (Å²) >= 11 is 0. The van der Waals surface area contributed by atoms with Crippen LogP contribution in [0.5, 0.6) is 11.5 Å². The standard InChI is InChI=1S/C28H34BNO7/c1-27(2)18-14-21(27)28(3)22(15-18)36-29(37-28)23(30-24(32)12-16-7-5-9-19(31)11-16)13-17-8-6-10-20(26(33)34)25(17)35-4/h5-11,18,21-23,31H,12-15H2,1-4H3,(H,30,32)(H,33,34). The van der Waals surface area contributed by atoms with Crippen LogP contribution in [0.1, 0.15) is 55.1 Å². The summed E-state index contributed by atoms with van der Waals surface area (Å²) in [6.45, 7) is 6.71. The highest BCUT2D eigenvalue weighted by Gasteiger charge is 2.68. The molecule has 1 aliphatic heterocycles. The van der Waals surface area contributed by atoms with Crippen molar-refractivity contribution in [1.82, 2.24) is 5.32 Å². The van der Waals surface area contributed by atoms with Gasteiger partial charge in [0.05, 0.1) is 31.2 Å². The highest BCUT2D eigenvalue weighted by Crippen LogP contribution is 2.65. The van der Waals surface area contributed by atoms with Crippen LogP contribution in [0, 0.1) is 17.3 Å². The molecule has 0 radical (unpaired) electrons. The number of hydrogen-bond donors (Lipinski definition) is 3. The first-order valence-corrected chi connectivity index (χ1v) is 12.8. The number of ether oxygens (including phenoxy) is 1. The number of methoxy groups -OCH3 is 1. The number of aromatic carboxylic acids is 1. The summed E-state index contributed by atoms with van der Waals surface area (Å²) in [6.07, 6.45) is 2.30. The van der Waals surface area contributed by atoms with Crippen molar-refractivity contribution in [2.24, 2.45) is 17.3 Å². The number of rotatable bonds is 8. The van der Waals surface area contributed by atoms with Crippen LogP contribution in [0.25, 0.3) is 0 Å². The average molecular weight is 507 g/mol. The molecule has 4 fully saturated rings. The van der Waals surface area contributed by atoms with Gasteiger partial charge in [0, 0.05) is 0 Å². The minimum Gasteiger partial charge on any atom is -0.508 e. The molecule has 37 heavy (non-hydrogen) atoms. The summed E-state index contributed by atoms with van der Waals surface area (Å²) < 4.78 is 18.6. The first kappa shape index (κ1) is 25.6. The van der Waals surface area contributed by atoms with Crippen molar-refractivity contribution in [3.05, 3.63) is 59.2 Å². The molecule has 2 aromatic carbocycles. The molecule has 5 atom stereocenters. The molecule has 4 aliphatic rings. The Labute approximate surface area is 217 Å². The first-order chi connectivity index (χ1) is 17.5. The second-order valence-electron chi connectivity index (χ2n) is 11.4. The summed E-state index contributed by atoms with van der Waals surface area (Å²) in [5.74, 6) is -0.611. The third-order valence-electron chi connectivity index (χ3n) is 8.89. The van der Waals surface area contributed by atoms with Gasteiger partial charge >= 0.3 is 13.1 Å². The van der Waals surface area contributed by atoms with E-state index in [-0.39, 0.29) is 47.3 Å². The van der Waals surface area contributed by atoms with Gasteiger partial charge in [0.25, 0.3) is 0 Å². The lowest BCUT2D eigenvalue weighted by atomic mass is 9.43. The predicted molar refractivity (Wildman–Crippen MR) is 138 cm³/mol. The van der Waals surface area contributed by atoms with Gasteiger partial charge in [-0.1, -0.05) is 38.1 Å². The highest BCUT2D eigenvalue weighted by molar-refractivity contribution is 6.48. The molecule has 0 aromatic heterocycles. The fraction of sp³-hybridized carbons (Fsp3) is 0.500. The van der Waals surface area contributed by atoms with Crippen LogP contribution in [-0.2, 0) is 26.9 Å². The van der Waals surface area contributed by atoms with Gasteiger partial charge in [0.1, 0.15) is 17.1 Å². The number of phenols is 1. The molecule has 196 valence electrons. The molecule has 1 saturated heterocycles. The maximum absolute atomic E-state index is 13.2. The topological polar surface area (TPSA) is 114 Å². The third kappa shape index (κ3) is 4.48. The van der Waals surface area contributed by atoms with E-state index in [0.717, 1.165) is 12.8 Å². The molecule has 2 aromatic rings. The quantitative estimate of drug-likeness (QED) is 0.468. The van der Waals surface area contributed by atoms with Crippen molar-refractivity contribution < 1.29 is 33.8 Å². The number of aromatic hydroxyl groups is 1. The lowest BCUT2D eigenvalue weighted by molar-refractivity contribution is -0.199. The highest BCUT2D eigenvalue weighted by atomic mass is 16.7. The molecular formula is C28H34BNO7. The Morgan fingerprint density at radius 3 is 2.62 bits per heavy atom. The number of hydrogen-bond acceptors (Lipinski definition) is 6. The number of benzene rings is 2. The number of phenolic OH excluding ortho intramolecular Hbond substituents is 1. The zero-order valence-electron chi connectivity index (χ0n) is 21.7. The zero-order chi connectivity index (χ0) is 26.5. The van der Waals surface area contributed by atoms with Crippen molar-refractivity contribution in [1.29, 1.82) is 0 Å². The van der Waals surface area contributed by atoms with Gasteiger partial charge in [-0.3, -0.25) is 4.79 Å². The van der Waals surface area contributed by atoms with Crippen molar-refractivity contribution in [2.75, 3.05) is 7.11 Å². The van der Waals surface area contributed by atoms with Gasteiger partial charge in [-0.2, -0.15) is 0 Å². The Kier molecular flexibility index (Phi) is 6.48. The first-order valence-electron chi connectivity index (χ1n) is 12.8. The summed E-state index contributed by atoms with van der Waals surface area (Å²) in [7, 11) is 0.741. The molecule has 1 amide bonds. The number of carboxylic acids is 1. The van der Waals surface area contributed by atoms with Gasteiger partial charge in [0.2, 0.25) is 5.91 Å². The number of carbonyl (C=O) groups is 2. The number of para-hydroxylation sites is 1. The molecule has 3 saturated carbocycles. The van der Waals surface area contributed by atoms with E-state index in [1.807, 2.05) is 0 Å². The molecule has 1 heterocycles. The lowest BCUT2D eigenvalue weighted by Crippen LogP contribution is -2.65. The maximum atomic E-state index is 13.2. The van der Waals surface area contributed by atoms with E-state index in [1.54, 1.807) is 36.4 Å². The van der Waals surface area contributed by atoms with Crippen molar-refractivity contribution in [2.45, 2.75) is 64.1 Å². The van der Waals surface area contributed by atoms with Crippen LogP contribution in [-0.4, -0.2) is 54.0 Å². The number of carbonyl (C=O) groups excluding carboxylic acids is 1. The largest absolute Gasteiger partial charge is 0.508 e. The predicted octanol–water partition coefficient (Wildman–Crippen LogP) is 3.64. The van der Waals surface area contributed by atoms with Crippen molar-refractivity contribution in [3.63, 3.8) is 0 Å². The smallest absolute Gasteiger partial charge is 0.482 e. The summed E-state index contributed by atoms with van der Waals surface area (Å²) in [4.78, 5) is 24.9. The van der Waals surface area contributed by atoms with E-state index in [1.165, 1.54) is 13.2 Å². The fourth-order valence-corrected chi connectivity index (χ4v) is 6.79. The van der Waals surface area contributed by atoms with E-state index >= 15 is 0 Å². The normalized spacial score (nSPS) is 28.1. The number of nitrogens with one attached hydrogen (secondary N) is 1.